The van der Waals surface area contributed by atoms with E-state index < -0.39 is 0 Å². The summed E-state index contributed by atoms with van der Waals surface area (Å²) in [6.07, 6.45) is 0. The molecular weight excluding hydrogens is 214 g/mol. The highest BCUT2D eigenvalue weighted by Gasteiger charge is 2.11. The number of hydrogen-bond donors (Lipinski definition) is 2. The summed E-state index contributed by atoms with van der Waals surface area (Å²) in [5.74, 6) is -0.301. The lowest BCUT2D eigenvalue weighted by atomic mass is 10.1. The van der Waals surface area contributed by atoms with Gasteiger partial charge >= 0.3 is 0 Å². The summed E-state index contributed by atoms with van der Waals surface area (Å²) in [4.78, 5) is 16.1. The molecule has 0 unspecified atom stereocenters. The molecule has 1 amide bonds. The van der Waals surface area contributed by atoms with Crippen molar-refractivity contribution in [2.45, 2.75) is 13.5 Å². The second-order valence-corrected chi connectivity index (χ2v) is 4.41. The van der Waals surface area contributed by atoms with E-state index in [9.17, 15) is 4.79 Å². The average Bonchev–Trinajstić information content (AvgIpc) is 2.55. The molecule has 0 saturated carbocycles. The van der Waals surface area contributed by atoms with Gasteiger partial charge in [-0.15, -0.1) is 0 Å². The molecule has 0 aliphatic carbocycles. The largest absolute Gasteiger partial charge is 0.369 e. The van der Waals surface area contributed by atoms with Gasteiger partial charge in [0.15, 0.2) is 0 Å². The number of fused-ring (bicyclic) bond motifs is 1. The van der Waals surface area contributed by atoms with Crippen molar-refractivity contribution < 1.29 is 4.79 Å². The number of aromatic nitrogens is 1. The molecule has 0 fully saturated rings. The molecule has 4 nitrogen and oxygen atoms in total. The van der Waals surface area contributed by atoms with Gasteiger partial charge in [0.2, 0.25) is 5.91 Å². The van der Waals surface area contributed by atoms with Crippen molar-refractivity contribution in [3.63, 3.8) is 0 Å². The minimum Gasteiger partial charge on any atom is -0.369 e. The van der Waals surface area contributed by atoms with Crippen LogP contribution < -0.4 is 5.73 Å². The predicted molar refractivity (Wildman–Crippen MR) is 68.6 cm³/mol. The number of para-hydroxylation sites is 1. The number of primary amides is 1. The van der Waals surface area contributed by atoms with Gasteiger partial charge in [-0.1, -0.05) is 18.2 Å². The maximum Gasteiger partial charge on any atom is 0.231 e. The van der Waals surface area contributed by atoms with Crippen molar-refractivity contribution in [3.05, 3.63) is 35.5 Å². The number of carbonyl (C=O) groups excluding carboxylic acids is 1. The normalized spacial score (nSPS) is 11.2. The highest BCUT2D eigenvalue weighted by atomic mass is 16.1. The smallest absolute Gasteiger partial charge is 0.231 e. The third-order valence-electron chi connectivity index (χ3n) is 2.88. The fraction of sp³-hybridized carbons (Fsp3) is 0.308. The first-order chi connectivity index (χ1) is 8.08. The second-order valence-electron chi connectivity index (χ2n) is 4.41. The van der Waals surface area contributed by atoms with Crippen LogP contribution in [-0.4, -0.2) is 29.4 Å². The van der Waals surface area contributed by atoms with E-state index in [2.05, 4.69) is 17.1 Å². The molecule has 2 aromatic rings. The molecule has 0 radical (unpaired) electrons. The molecule has 0 spiro atoms. The number of aryl methyl sites for hydroxylation is 1. The lowest BCUT2D eigenvalue weighted by molar-refractivity contribution is -0.118. The van der Waals surface area contributed by atoms with Gasteiger partial charge in [-0.05, 0) is 25.6 Å². The molecule has 1 aromatic carbocycles. The number of benzene rings is 1. The van der Waals surface area contributed by atoms with E-state index in [1.54, 1.807) is 0 Å². The van der Waals surface area contributed by atoms with Gasteiger partial charge in [-0.25, -0.2) is 0 Å². The van der Waals surface area contributed by atoms with Crippen LogP contribution in [-0.2, 0) is 11.3 Å². The van der Waals surface area contributed by atoms with E-state index in [1.807, 2.05) is 31.0 Å². The minimum absolute atomic E-state index is 0.277. The standard InChI is InChI=1S/C13H17N3O/c1-9-11(7-16(2)8-13(14)17)10-5-3-4-6-12(10)15-9/h3-6,15H,7-8H2,1-2H3,(H2,14,17). The zero-order chi connectivity index (χ0) is 12.4. The molecule has 0 aliphatic rings. The van der Waals surface area contributed by atoms with Gasteiger partial charge in [-0.3, -0.25) is 9.69 Å². The fourth-order valence-electron chi connectivity index (χ4n) is 2.13. The number of H-pyrrole nitrogens is 1. The van der Waals surface area contributed by atoms with Gasteiger partial charge in [0.05, 0.1) is 6.54 Å². The molecule has 1 heterocycles. The second kappa shape index (κ2) is 4.59. The number of nitrogens with one attached hydrogen (secondary N) is 1. The molecule has 0 aliphatic heterocycles. The third kappa shape index (κ3) is 2.47. The van der Waals surface area contributed by atoms with Crippen molar-refractivity contribution in [2.75, 3.05) is 13.6 Å². The van der Waals surface area contributed by atoms with E-state index in [4.69, 9.17) is 5.73 Å². The quantitative estimate of drug-likeness (QED) is 0.835. The van der Waals surface area contributed by atoms with Crippen molar-refractivity contribution in [1.29, 1.82) is 0 Å². The zero-order valence-corrected chi connectivity index (χ0v) is 10.2. The number of nitrogens with two attached hydrogens (primary N) is 1. The van der Waals surface area contributed by atoms with Gasteiger partial charge < -0.3 is 10.7 Å². The van der Waals surface area contributed by atoms with Crippen molar-refractivity contribution in [2.24, 2.45) is 5.73 Å². The maximum atomic E-state index is 10.9. The maximum absolute atomic E-state index is 10.9. The number of carbonyl (C=O) groups is 1. The predicted octanol–water partition coefficient (Wildman–Crippen LogP) is 1.39. The molecule has 2 rings (SSSR count). The number of hydrogen-bond acceptors (Lipinski definition) is 2. The lowest BCUT2D eigenvalue weighted by Crippen LogP contribution is -2.30. The molecule has 0 atom stereocenters. The zero-order valence-electron chi connectivity index (χ0n) is 10.2. The van der Waals surface area contributed by atoms with Crippen LogP contribution in [0.4, 0.5) is 0 Å². The van der Waals surface area contributed by atoms with Crippen LogP contribution in [0.25, 0.3) is 10.9 Å². The van der Waals surface area contributed by atoms with E-state index in [-0.39, 0.29) is 12.5 Å². The van der Waals surface area contributed by atoms with E-state index in [0.29, 0.717) is 0 Å². The SMILES string of the molecule is Cc1[nH]c2ccccc2c1CN(C)CC(N)=O. The van der Waals surface area contributed by atoms with E-state index in [0.717, 1.165) is 17.8 Å². The van der Waals surface area contributed by atoms with Crippen LogP contribution in [0, 0.1) is 6.92 Å². The molecule has 0 saturated heterocycles. The monoisotopic (exact) mass is 231 g/mol. The average molecular weight is 231 g/mol. The first-order valence-corrected chi connectivity index (χ1v) is 5.61. The minimum atomic E-state index is -0.301. The Balaban J connectivity index is 2.29. The highest BCUT2D eigenvalue weighted by Crippen LogP contribution is 2.22. The number of likely N-dealkylation sites (N-methyl/N-ethyl adjacent to an activating group) is 1. The Kier molecular flexibility index (Phi) is 3.15. The Morgan fingerprint density at radius 2 is 2.12 bits per heavy atom. The van der Waals surface area contributed by atoms with Crippen molar-refractivity contribution >= 4 is 16.8 Å². The molecule has 90 valence electrons. The summed E-state index contributed by atoms with van der Waals surface area (Å²) in [5, 5.41) is 1.21. The first kappa shape index (κ1) is 11.7. The number of nitrogens with zero attached hydrogens (tertiary/aromatic N) is 1. The van der Waals surface area contributed by atoms with Gasteiger partial charge in [0.25, 0.3) is 0 Å². The molecule has 0 bridgehead atoms. The molecule has 1 aromatic heterocycles. The summed E-state index contributed by atoms with van der Waals surface area (Å²) >= 11 is 0. The van der Waals surface area contributed by atoms with Gasteiger partial charge in [0, 0.05) is 23.1 Å². The fourth-order valence-corrected chi connectivity index (χ4v) is 2.13. The van der Waals surface area contributed by atoms with Crippen LogP contribution in [0.3, 0.4) is 0 Å². The Morgan fingerprint density at radius 1 is 1.41 bits per heavy atom. The molecule has 4 heteroatoms. The Hall–Kier alpha value is -1.81. The van der Waals surface area contributed by atoms with Crippen LogP contribution in [0.2, 0.25) is 0 Å². The summed E-state index contributed by atoms with van der Waals surface area (Å²) in [5.41, 5.74) is 8.68. The molecule has 3 N–H and O–H groups in total. The summed E-state index contributed by atoms with van der Waals surface area (Å²) in [6.45, 7) is 3.05. The Bertz CT molecular complexity index is 545. The van der Waals surface area contributed by atoms with Crippen molar-refractivity contribution in [1.82, 2.24) is 9.88 Å². The van der Waals surface area contributed by atoms with Crippen LogP contribution in [0.15, 0.2) is 24.3 Å². The van der Waals surface area contributed by atoms with E-state index in [1.165, 1.54) is 10.9 Å². The first-order valence-electron chi connectivity index (χ1n) is 5.61. The Morgan fingerprint density at radius 3 is 2.82 bits per heavy atom. The lowest BCUT2D eigenvalue weighted by Gasteiger charge is -2.14. The molecular formula is C13H17N3O. The number of amides is 1. The van der Waals surface area contributed by atoms with Crippen LogP contribution in [0.1, 0.15) is 11.3 Å². The van der Waals surface area contributed by atoms with Gasteiger partial charge in [-0.2, -0.15) is 0 Å². The topological polar surface area (TPSA) is 62.1 Å². The number of aromatic amines is 1. The van der Waals surface area contributed by atoms with Crippen molar-refractivity contribution in [3.8, 4) is 0 Å². The molecule has 17 heavy (non-hydrogen) atoms. The highest BCUT2D eigenvalue weighted by molar-refractivity contribution is 5.84. The van der Waals surface area contributed by atoms with E-state index >= 15 is 0 Å². The number of rotatable bonds is 4. The summed E-state index contributed by atoms with van der Waals surface area (Å²) in [7, 11) is 1.89. The summed E-state index contributed by atoms with van der Waals surface area (Å²) in [6, 6.07) is 8.18. The Labute approximate surface area is 100 Å². The summed E-state index contributed by atoms with van der Waals surface area (Å²) < 4.78 is 0. The van der Waals surface area contributed by atoms with Gasteiger partial charge in [0.1, 0.15) is 0 Å². The van der Waals surface area contributed by atoms with Crippen LogP contribution >= 0.6 is 0 Å². The third-order valence-corrected chi connectivity index (χ3v) is 2.88. The van der Waals surface area contributed by atoms with Crippen LogP contribution in [0.5, 0.6) is 0 Å².